The van der Waals surface area contributed by atoms with E-state index >= 15 is 0 Å². The Balaban J connectivity index is 2.05. The molecule has 3 nitrogen and oxygen atoms in total. The standard InChI is InChI=1S/C21H15FO3/c1-13-6-8-14(9-7-13)21(15-10-11-19(23)18(22)12-15)17-5-3-2-4-16(17)20(24)25-21/h2-12,23H,1H3. The number of hydrogen-bond acceptors (Lipinski definition) is 3. The molecule has 3 aromatic rings. The molecule has 0 saturated carbocycles. The summed E-state index contributed by atoms with van der Waals surface area (Å²) in [6, 6.07) is 18.7. The maximum absolute atomic E-state index is 14.1. The Bertz CT molecular complexity index is 979. The lowest BCUT2D eigenvalue weighted by molar-refractivity contribution is 0.0250. The van der Waals surface area contributed by atoms with Crippen LogP contribution in [-0.4, -0.2) is 11.1 Å². The normalized spacial score (nSPS) is 18.7. The van der Waals surface area contributed by atoms with Crippen LogP contribution in [0.3, 0.4) is 0 Å². The highest BCUT2D eigenvalue weighted by atomic mass is 19.1. The van der Waals surface area contributed by atoms with Gasteiger partial charge < -0.3 is 9.84 Å². The summed E-state index contributed by atoms with van der Waals surface area (Å²) >= 11 is 0. The van der Waals surface area contributed by atoms with Crippen LogP contribution >= 0.6 is 0 Å². The highest BCUT2D eigenvalue weighted by Crippen LogP contribution is 2.47. The van der Waals surface area contributed by atoms with Crippen LogP contribution in [0.25, 0.3) is 0 Å². The van der Waals surface area contributed by atoms with E-state index < -0.39 is 23.1 Å². The number of rotatable bonds is 2. The minimum atomic E-state index is -1.24. The molecule has 0 saturated heterocycles. The van der Waals surface area contributed by atoms with Gasteiger partial charge in [-0.3, -0.25) is 0 Å². The molecule has 1 aliphatic rings. The molecule has 0 aromatic heterocycles. The molecule has 0 fully saturated rings. The fourth-order valence-corrected chi connectivity index (χ4v) is 3.33. The number of ether oxygens (including phenoxy) is 1. The molecule has 4 rings (SSSR count). The van der Waals surface area contributed by atoms with E-state index in [0.29, 0.717) is 16.7 Å². The van der Waals surface area contributed by atoms with Gasteiger partial charge in [-0.2, -0.15) is 0 Å². The van der Waals surface area contributed by atoms with Crippen molar-refractivity contribution in [3.8, 4) is 5.75 Å². The molecule has 1 unspecified atom stereocenters. The molecule has 1 N–H and O–H groups in total. The van der Waals surface area contributed by atoms with Crippen molar-refractivity contribution in [2.75, 3.05) is 0 Å². The van der Waals surface area contributed by atoms with Gasteiger partial charge in [-0.1, -0.05) is 54.1 Å². The average Bonchev–Trinajstić information content (AvgIpc) is 2.92. The quantitative estimate of drug-likeness (QED) is 0.711. The monoisotopic (exact) mass is 334 g/mol. The summed E-state index contributed by atoms with van der Waals surface area (Å²) in [5.41, 5.74) is 2.11. The van der Waals surface area contributed by atoms with Crippen molar-refractivity contribution in [2.45, 2.75) is 12.5 Å². The van der Waals surface area contributed by atoms with Gasteiger partial charge >= 0.3 is 5.97 Å². The van der Waals surface area contributed by atoms with Gasteiger partial charge in [0.25, 0.3) is 0 Å². The molecule has 0 radical (unpaired) electrons. The highest BCUT2D eigenvalue weighted by molar-refractivity contribution is 5.96. The molecule has 0 spiro atoms. The first-order valence-electron chi connectivity index (χ1n) is 7.91. The zero-order valence-corrected chi connectivity index (χ0v) is 13.5. The Morgan fingerprint density at radius 3 is 2.36 bits per heavy atom. The number of fused-ring (bicyclic) bond motifs is 1. The van der Waals surface area contributed by atoms with Gasteiger partial charge in [-0.15, -0.1) is 0 Å². The van der Waals surface area contributed by atoms with Gasteiger partial charge in [-0.05, 0) is 25.1 Å². The number of benzene rings is 3. The molecule has 4 heteroatoms. The lowest BCUT2D eigenvalue weighted by Gasteiger charge is -2.30. The number of phenols is 1. The van der Waals surface area contributed by atoms with Crippen molar-refractivity contribution in [3.63, 3.8) is 0 Å². The zero-order chi connectivity index (χ0) is 17.6. The number of phenolic OH excluding ortho intramolecular Hbond substituents is 1. The van der Waals surface area contributed by atoms with Crippen molar-refractivity contribution in [1.82, 2.24) is 0 Å². The van der Waals surface area contributed by atoms with E-state index in [0.717, 1.165) is 11.1 Å². The van der Waals surface area contributed by atoms with Crippen LogP contribution in [0.15, 0.2) is 66.7 Å². The van der Waals surface area contributed by atoms with E-state index in [-0.39, 0.29) is 0 Å². The van der Waals surface area contributed by atoms with Gasteiger partial charge in [0.1, 0.15) is 0 Å². The second kappa shape index (κ2) is 5.45. The summed E-state index contributed by atoms with van der Waals surface area (Å²) < 4.78 is 19.9. The molecule has 124 valence electrons. The van der Waals surface area contributed by atoms with Crippen LogP contribution < -0.4 is 0 Å². The number of aromatic hydroxyl groups is 1. The predicted molar refractivity (Wildman–Crippen MR) is 91.0 cm³/mol. The van der Waals surface area contributed by atoms with Crippen molar-refractivity contribution in [3.05, 3.63) is 100 Å². The summed E-state index contributed by atoms with van der Waals surface area (Å²) in [6.07, 6.45) is 0. The Labute approximate surface area is 144 Å². The number of cyclic esters (lactones) is 1. The van der Waals surface area contributed by atoms with Crippen LogP contribution in [0.4, 0.5) is 4.39 Å². The second-order valence-corrected chi connectivity index (χ2v) is 6.15. The third-order valence-electron chi connectivity index (χ3n) is 4.58. The van der Waals surface area contributed by atoms with E-state index in [1.165, 1.54) is 12.1 Å². The third-order valence-corrected chi connectivity index (χ3v) is 4.58. The summed E-state index contributed by atoms with van der Waals surface area (Å²) in [5.74, 6) is -1.66. The molecular formula is C21H15FO3. The first-order chi connectivity index (χ1) is 12.0. The Kier molecular flexibility index (Phi) is 3.35. The van der Waals surface area contributed by atoms with Gasteiger partial charge in [-0.25, -0.2) is 9.18 Å². The van der Waals surface area contributed by atoms with Gasteiger partial charge in [0, 0.05) is 16.7 Å². The number of hydrogen-bond donors (Lipinski definition) is 1. The van der Waals surface area contributed by atoms with Gasteiger partial charge in [0.15, 0.2) is 17.2 Å². The van der Waals surface area contributed by atoms with Crippen molar-refractivity contribution in [2.24, 2.45) is 0 Å². The second-order valence-electron chi connectivity index (χ2n) is 6.15. The summed E-state index contributed by atoms with van der Waals surface area (Å²) in [7, 11) is 0. The molecule has 1 heterocycles. The van der Waals surface area contributed by atoms with Crippen molar-refractivity contribution in [1.29, 1.82) is 0 Å². The highest BCUT2D eigenvalue weighted by Gasteiger charge is 2.48. The Morgan fingerprint density at radius 2 is 1.64 bits per heavy atom. The van der Waals surface area contributed by atoms with Crippen LogP contribution in [0.2, 0.25) is 0 Å². The van der Waals surface area contributed by atoms with E-state index in [9.17, 15) is 14.3 Å². The number of esters is 1. The molecule has 1 atom stereocenters. The first kappa shape index (κ1) is 15.4. The minimum Gasteiger partial charge on any atom is -0.505 e. The SMILES string of the molecule is Cc1ccc(C2(c3ccc(O)c(F)c3)OC(=O)c3ccccc32)cc1. The number of aryl methyl sites for hydroxylation is 1. The Hall–Kier alpha value is -3.14. The summed E-state index contributed by atoms with van der Waals surface area (Å²) in [5, 5.41) is 9.54. The number of halogens is 1. The van der Waals surface area contributed by atoms with Gasteiger partial charge in [0.05, 0.1) is 5.56 Å². The summed E-state index contributed by atoms with van der Waals surface area (Å²) in [4.78, 5) is 12.5. The molecule has 0 amide bonds. The number of carbonyl (C=O) groups is 1. The van der Waals surface area contributed by atoms with E-state index in [2.05, 4.69) is 0 Å². The summed E-state index contributed by atoms with van der Waals surface area (Å²) in [6.45, 7) is 1.96. The van der Waals surface area contributed by atoms with Crippen LogP contribution in [-0.2, 0) is 10.3 Å². The average molecular weight is 334 g/mol. The van der Waals surface area contributed by atoms with Crippen LogP contribution in [0.1, 0.15) is 32.6 Å². The molecule has 1 aliphatic heterocycles. The molecular weight excluding hydrogens is 319 g/mol. The fourth-order valence-electron chi connectivity index (χ4n) is 3.33. The molecule has 25 heavy (non-hydrogen) atoms. The lowest BCUT2D eigenvalue weighted by Crippen LogP contribution is -2.29. The molecule has 0 bridgehead atoms. The predicted octanol–water partition coefficient (Wildman–Crippen LogP) is 4.30. The zero-order valence-electron chi connectivity index (χ0n) is 13.5. The van der Waals surface area contributed by atoms with Crippen molar-refractivity contribution >= 4 is 5.97 Å². The molecule has 3 aromatic carbocycles. The van der Waals surface area contributed by atoms with E-state index in [1.54, 1.807) is 18.2 Å². The van der Waals surface area contributed by atoms with Crippen molar-refractivity contribution < 1.29 is 19.0 Å². The van der Waals surface area contributed by atoms with Gasteiger partial charge in [0.2, 0.25) is 0 Å². The van der Waals surface area contributed by atoms with Crippen LogP contribution in [0, 0.1) is 12.7 Å². The van der Waals surface area contributed by atoms with E-state index in [4.69, 9.17) is 4.74 Å². The fraction of sp³-hybridized carbons (Fsp3) is 0.0952. The maximum atomic E-state index is 14.1. The first-order valence-corrected chi connectivity index (χ1v) is 7.91. The van der Waals surface area contributed by atoms with E-state index in [1.807, 2.05) is 43.3 Å². The third kappa shape index (κ3) is 2.22. The number of carbonyl (C=O) groups excluding carboxylic acids is 1. The smallest absolute Gasteiger partial charge is 0.340 e. The minimum absolute atomic E-state index is 0.444. The Morgan fingerprint density at radius 1 is 0.960 bits per heavy atom. The molecule has 0 aliphatic carbocycles. The maximum Gasteiger partial charge on any atom is 0.340 e. The largest absolute Gasteiger partial charge is 0.505 e. The van der Waals surface area contributed by atoms with Crippen LogP contribution in [0.5, 0.6) is 5.75 Å². The topological polar surface area (TPSA) is 46.5 Å². The lowest BCUT2D eigenvalue weighted by atomic mass is 9.79.